The Morgan fingerprint density at radius 3 is 2.28 bits per heavy atom. The van der Waals surface area contributed by atoms with E-state index in [2.05, 4.69) is 9.97 Å². The van der Waals surface area contributed by atoms with Crippen molar-refractivity contribution in [2.24, 2.45) is 0 Å². The summed E-state index contributed by atoms with van der Waals surface area (Å²) in [7, 11) is 0. The number of aromatic nitrogens is 2. The number of alkyl halides is 3. The van der Waals surface area contributed by atoms with Crippen molar-refractivity contribution in [3.63, 3.8) is 0 Å². The quantitative estimate of drug-likeness (QED) is 0.780. The molecule has 0 saturated carbocycles. The van der Waals surface area contributed by atoms with Crippen LogP contribution in [0.2, 0.25) is 0 Å². The van der Waals surface area contributed by atoms with Crippen LogP contribution in [0.1, 0.15) is 11.4 Å². The van der Waals surface area contributed by atoms with Crippen LogP contribution in [0.15, 0.2) is 36.7 Å². The SMILES string of the molecule is N#Cc1cccc(-c2cnc(C(F)(F)F)nc2)c1. The molecule has 18 heavy (non-hydrogen) atoms. The number of benzene rings is 1. The number of rotatable bonds is 1. The van der Waals surface area contributed by atoms with Gasteiger partial charge < -0.3 is 0 Å². The van der Waals surface area contributed by atoms with Gasteiger partial charge in [0.05, 0.1) is 11.6 Å². The summed E-state index contributed by atoms with van der Waals surface area (Å²) in [6.45, 7) is 0. The first-order valence-corrected chi connectivity index (χ1v) is 4.90. The summed E-state index contributed by atoms with van der Waals surface area (Å²) in [6.07, 6.45) is -2.37. The van der Waals surface area contributed by atoms with E-state index in [1.165, 1.54) is 0 Å². The fraction of sp³-hybridized carbons (Fsp3) is 0.0833. The van der Waals surface area contributed by atoms with E-state index in [1.54, 1.807) is 24.3 Å². The van der Waals surface area contributed by atoms with Crippen LogP contribution in [0, 0.1) is 11.3 Å². The predicted molar refractivity (Wildman–Crippen MR) is 57.2 cm³/mol. The van der Waals surface area contributed by atoms with Gasteiger partial charge in [0.25, 0.3) is 0 Å². The van der Waals surface area contributed by atoms with Crippen molar-refractivity contribution in [3.05, 3.63) is 48.0 Å². The van der Waals surface area contributed by atoms with Crippen LogP contribution in [-0.4, -0.2) is 9.97 Å². The molecule has 1 aromatic heterocycles. The lowest BCUT2D eigenvalue weighted by Crippen LogP contribution is -2.10. The lowest BCUT2D eigenvalue weighted by atomic mass is 10.1. The zero-order chi connectivity index (χ0) is 13.2. The smallest absolute Gasteiger partial charge is 0.232 e. The van der Waals surface area contributed by atoms with Gasteiger partial charge in [0.15, 0.2) is 0 Å². The van der Waals surface area contributed by atoms with Crippen LogP contribution < -0.4 is 0 Å². The second-order valence-electron chi connectivity index (χ2n) is 3.49. The topological polar surface area (TPSA) is 49.6 Å². The molecule has 2 aromatic rings. The number of hydrogen-bond acceptors (Lipinski definition) is 3. The summed E-state index contributed by atoms with van der Waals surface area (Å²) in [5.41, 5.74) is 1.45. The van der Waals surface area contributed by atoms with Gasteiger partial charge in [0.1, 0.15) is 0 Å². The second-order valence-corrected chi connectivity index (χ2v) is 3.49. The zero-order valence-electron chi connectivity index (χ0n) is 8.94. The maximum Gasteiger partial charge on any atom is 0.451 e. The van der Waals surface area contributed by atoms with Crippen molar-refractivity contribution in [2.75, 3.05) is 0 Å². The molecule has 1 heterocycles. The van der Waals surface area contributed by atoms with Crippen molar-refractivity contribution in [1.29, 1.82) is 5.26 Å². The van der Waals surface area contributed by atoms with Crippen LogP contribution in [-0.2, 0) is 6.18 Å². The number of hydrogen-bond donors (Lipinski definition) is 0. The fourth-order valence-electron chi connectivity index (χ4n) is 1.39. The molecule has 0 atom stereocenters. The van der Waals surface area contributed by atoms with Gasteiger partial charge in [-0.05, 0) is 17.7 Å². The minimum Gasteiger partial charge on any atom is -0.232 e. The van der Waals surface area contributed by atoms with Gasteiger partial charge >= 0.3 is 6.18 Å². The minimum absolute atomic E-state index is 0.424. The van der Waals surface area contributed by atoms with Crippen LogP contribution in [0.5, 0.6) is 0 Å². The molecule has 6 heteroatoms. The van der Waals surface area contributed by atoms with Gasteiger partial charge in [0, 0.05) is 18.0 Å². The molecule has 3 nitrogen and oxygen atoms in total. The summed E-state index contributed by atoms with van der Waals surface area (Å²) < 4.78 is 36.8. The van der Waals surface area contributed by atoms with Crippen molar-refractivity contribution in [2.45, 2.75) is 6.18 Å². The van der Waals surface area contributed by atoms with Crippen LogP contribution in [0.25, 0.3) is 11.1 Å². The van der Waals surface area contributed by atoms with Gasteiger partial charge in [0.2, 0.25) is 5.82 Å². The summed E-state index contributed by atoms with van der Waals surface area (Å²) in [6, 6.07) is 8.44. The third-order valence-electron chi connectivity index (χ3n) is 2.23. The first-order chi connectivity index (χ1) is 8.50. The summed E-state index contributed by atoms with van der Waals surface area (Å²) in [5.74, 6) is -1.18. The van der Waals surface area contributed by atoms with Crippen molar-refractivity contribution in [3.8, 4) is 17.2 Å². The fourth-order valence-corrected chi connectivity index (χ4v) is 1.39. The maximum absolute atomic E-state index is 12.3. The minimum atomic E-state index is -4.55. The molecule has 0 N–H and O–H groups in total. The highest BCUT2D eigenvalue weighted by molar-refractivity contribution is 5.63. The average Bonchev–Trinajstić information content (AvgIpc) is 2.38. The van der Waals surface area contributed by atoms with Gasteiger partial charge in [-0.1, -0.05) is 12.1 Å². The zero-order valence-corrected chi connectivity index (χ0v) is 8.94. The molecule has 0 amide bonds. The summed E-state index contributed by atoms with van der Waals surface area (Å²) in [4.78, 5) is 6.53. The lowest BCUT2D eigenvalue weighted by molar-refractivity contribution is -0.144. The Bertz CT molecular complexity index is 597. The van der Waals surface area contributed by atoms with Crippen LogP contribution in [0.4, 0.5) is 13.2 Å². The number of nitrogens with zero attached hydrogens (tertiary/aromatic N) is 3. The second kappa shape index (κ2) is 4.45. The Balaban J connectivity index is 2.38. The van der Waals surface area contributed by atoms with Gasteiger partial charge in [-0.15, -0.1) is 0 Å². The van der Waals surface area contributed by atoms with E-state index in [9.17, 15) is 13.2 Å². The molecule has 2 rings (SSSR count). The Kier molecular flexibility index (Phi) is 2.98. The Morgan fingerprint density at radius 2 is 1.72 bits per heavy atom. The van der Waals surface area contributed by atoms with Crippen LogP contribution >= 0.6 is 0 Å². The monoisotopic (exact) mass is 249 g/mol. The molecular formula is C12H6F3N3. The molecule has 0 aliphatic rings. The molecule has 0 radical (unpaired) electrons. The van der Waals surface area contributed by atoms with Crippen molar-refractivity contribution < 1.29 is 13.2 Å². The lowest BCUT2D eigenvalue weighted by Gasteiger charge is -2.05. The first kappa shape index (κ1) is 12.0. The highest BCUT2D eigenvalue weighted by atomic mass is 19.4. The standard InChI is InChI=1S/C12H6F3N3/c13-12(14,15)11-17-6-10(7-18-11)9-3-1-2-8(4-9)5-16/h1-4,6-7H. The number of nitriles is 1. The molecule has 1 aromatic carbocycles. The molecule has 0 spiro atoms. The van der Waals surface area contributed by atoms with E-state index >= 15 is 0 Å². The predicted octanol–water partition coefficient (Wildman–Crippen LogP) is 3.03. The Morgan fingerprint density at radius 1 is 1.06 bits per heavy atom. The highest BCUT2D eigenvalue weighted by Crippen LogP contribution is 2.27. The van der Waals surface area contributed by atoms with E-state index < -0.39 is 12.0 Å². The molecule has 0 fully saturated rings. The Hall–Kier alpha value is -2.42. The molecule has 0 aliphatic heterocycles. The third kappa shape index (κ3) is 2.46. The third-order valence-corrected chi connectivity index (χ3v) is 2.23. The molecule has 0 saturated heterocycles. The normalized spacial score (nSPS) is 11.0. The van der Waals surface area contributed by atoms with Gasteiger partial charge in [-0.25, -0.2) is 9.97 Å². The molecular weight excluding hydrogens is 243 g/mol. The first-order valence-electron chi connectivity index (χ1n) is 4.90. The largest absolute Gasteiger partial charge is 0.451 e. The maximum atomic E-state index is 12.3. The van der Waals surface area contributed by atoms with Crippen molar-refractivity contribution in [1.82, 2.24) is 9.97 Å². The molecule has 0 aliphatic carbocycles. The van der Waals surface area contributed by atoms with E-state index in [0.717, 1.165) is 12.4 Å². The van der Waals surface area contributed by atoms with Crippen molar-refractivity contribution >= 4 is 0 Å². The van der Waals surface area contributed by atoms with Crippen LogP contribution in [0.3, 0.4) is 0 Å². The Labute approximate surface area is 101 Å². The van der Waals surface area contributed by atoms with Gasteiger partial charge in [-0.2, -0.15) is 18.4 Å². The molecule has 0 unspecified atom stereocenters. The van der Waals surface area contributed by atoms with E-state index in [-0.39, 0.29) is 0 Å². The molecule has 90 valence electrons. The molecule has 0 bridgehead atoms. The number of halogens is 3. The summed E-state index contributed by atoms with van der Waals surface area (Å²) >= 11 is 0. The average molecular weight is 249 g/mol. The van der Waals surface area contributed by atoms with E-state index in [4.69, 9.17) is 5.26 Å². The van der Waals surface area contributed by atoms with Gasteiger partial charge in [-0.3, -0.25) is 0 Å². The summed E-state index contributed by atoms with van der Waals surface area (Å²) in [5, 5.41) is 8.73. The van der Waals surface area contributed by atoms with E-state index in [0.29, 0.717) is 16.7 Å². The van der Waals surface area contributed by atoms with E-state index in [1.807, 2.05) is 6.07 Å². The highest BCUT2D eigenvalue weighted by Gasteiger charge is 2.34.